The van der Waals surface area contributed by atoms with E-state index in [9.17, 15) is 18.4 Å². The van der Waals surface area contributed by atoms with Crippen molar-refractivity contribution in [1.82, 2.24) is 15.2 Å². The average molecular weight is 637 g/mol. The van der Waals surface area contributed by atoms with E-state index in [1.54, 1.807) is 27.8 Å². The minimum absolute atomic E-state index is 0.0512. The molecule has 2 aromatic carbocycles. The fourth-order valence-corrected chi connectivity index (χ4v) is 5.74. The van der Waals surface area contributed by atoms with E-state index in [2.05, 4.69) is 10.4 Å². The van der Waals surface area contributed by atoms with Crippen LogP contribution in [0.25, 0.3) is 0 Å². The first-order valence-corrected chi connectivity index (χ1v) is 15.4. The van der Waals surface area contributed by atoms with Gasteiger partial charge in [0.15, 0.2) is 0 Å². The van der Waals surface area contributed by atoms with Gasteiger partial charge in [0.05, 0.1) is 19.8 Å². The number of halogens is 2. The van der Waals surface area contributed by atoms with Gasteiger partial charge in [-0.05, 0) is 63.8 Å². The Morgan fingerprint density at radius 1 is 1.05 bits per heavy atom. The maximum Gasteiger partial charge on any atom is 0.407 e. The number of nitrogens with one attached hydrogen (secondary N) is 1. The molecule has 0 bridgehead atoms. The Bertz CT molecular complexity index is 1260. The summed E-state index contributed by atoms with van der Waals surface area (Å²) in [4.78, 5) is 26.5. The normalized spacial score (nSPS) is 16.5. The molecule has 242 valence electrons. The molecule has 0 saturated carbocycles. The molecule has 0 aliphatic carbocycles. The first kappa shape index (κ1) is 35.2. The quantitative estimate of drug-likeness (QED) is 0.255. The van der Waals surface area contributed by atoms with Crippen molar-refractivity contribution >= 4 is 28.9 Å². The summed E-state index contributed by atoms with van der Waals surface area (Å²) in [7, 11) is 1.62. The first-order chi connectivity index (χ1) is 21.0. The number of urea groups is 1. The standard InChI is InChI=1S/C31H42F2N4O6S/c1-30(2,3)43-28(39)34-15-8-14-31(23-10-6-5-7-11-23)37(35-27(44-31)25-22-24(32)12-13-26(25)33)29(40)36(4)16-19-42-21-20-41-18-9-17-38/h5-7,10-13,22,38H,8-9,14-21H2,1-4H3,(H,34,39)/t31-/m0/s1. The largest absolute Gasteiger partial charge is 0.444 e. The lowest BCUT2D eigenvalue weighted by molar-refractivity contribution is 0.0364. The summed E-state index contributed by atoms with van der Waals surface area (Å²) < 4.78 is 45.5. The van der Waals surface area contributed by atoms with E-state index in [1.165, 1.54) is 9.91 Å². The van der Waals surface area contributed by atoms with E-state index < -0.39 is 34.2 Å². The zero-order valence-corrected chi connectivity index (χ0v) is 26.5. The molecule has 0 saturated heterocycles. The number of nitrogens with zero attached hydrogens (tertiary/aromatic N) is 3. The maximum absolute atomic E-state index is 15.0. The van der Waals surface area contributed by atoms with Gasteiger partial charge in [0.2, 0.25) is 0 Å². The van der Waals surface area contributed by atoms with Crippen LogP contribution in [0.5, 0.6) is 0 Å². The molecule has 10 nitrogen and oxygen atoms in total. The molecule has 0 spiro atoms. The molecule has 1 aliphatic heterocycles. The van der Waals surface area contributed by atoms with Crippen molar-refractivity contribution < 1.29 is 37.7 Å². The van der Waals surface area contributed by atoms with Gasteiger partial charge in [-0.2, -0.15) is 10.1 Å². The number of ether oxygens (including phenoxy) is 3. The third kappa shape index (κ3) is 10.1. The van der Waals surface area contributed by atoms with Gasteiger partial charge in [-0.15, -0.1) is 0 Å². The molecule has 0 radical (unpaired) electrons. The van der Waals surface area contributed by atoms with Gasteiger partial charge in [0.25, 0.3) is 0 Å². The summed E-state index contributed by atoms with van der Waals surface area (Å²) in [5.74, 6) is -1.29. The zero-order valence-electron chi connectivity index (χ0n) is 25.7. The summed E-state index contributed by atoms with van der Waals surface area (Å²) in [5, 5.41) is 17.6. The predicted molar refractivity (Wildman–Crippen MR) is 165 cm³/mol. The highest BCUT2D eigenvalue weighted by molar-refractivity contribution is 8.15. The van der Waals surface area contributed by atoms with Crippen LogP contribution >= 0.6 is 11.8 Å². The smallest absolute Gasteiger partial charge is 0.407 e. The van der Waals surface area contributed by atoms with Crippen molar-refractivity contribution in [2.45, 2.75) is 50.5 Å². The van der Waals surface area contributed by atoms with Crippen molar-refractivity contribution in [2.75, 3.05) is 53.2 Å². The molecule has 44 heavy (non-hydrogen) atoms. The highest BCUT2D eigenvalue weighted by atomic mass is 32.2. The molecule has 1 aliphatic rings. The molecule has 2 aromatic rings. The highest BCUT2D eigenvalue weighted by Crippen LogP contribution is 2.51. The fourth-order valence-electron chi connectivity index (χ4n) is 4.32. The predicted octanol–water partition coefficient (Wildman–Crippen LogP) is 5.30. The van der Waals surface area contributed by atoms with Crippen LogP contribution < -0.4 is 5.32 Å². The van der Waals surface area contributed by atoms with E-state index in [4.69, 9.17) is 19.3 Å². The molecular formula is C31H42F2N4O6S. The monoisotopic (exact) mass is 636 g/mol. The number of alkyl carbamates (subject to hydrolysis) is 1. The molecule has 0 unspecified atom stereocenters. The minimum Gasteiger partial charge on any atom is -0.444 e. The molecule has 13 heteroatoms. The lowest BCUT2D eigenvalue weighted by Gasteiger charge is -2.37. The molecule has 0 aromatic heterocycles. The number of carbonyl (C=O) groups is 2. The van der Waals surface area contributed by atoms with Crippen LogP contribution in [-0.2, 0) is 19.1 Å². The summed E-state index contributed by atoms with van der Waals surface area (Å²) in [5.41, 5.74) is 0.0271. The van der Waals surface area contributed by atoms with E-state index in [0.717, 1.165) is 35.5 Å². The van der Waals surface area contributed by atoms with Gasteiger partial charge < -0.3 is 29.5 Å². The van der Waals surface area contributed by atoms with Crippen LogP contribution in [0.2, 0.25) is 0 Å². The third-order valence-corrected chi connectivity index (χ3v) is 7.89. The highest BCUT2D eigenvalue weighted by Gasteiger charge is 2.49. The van der Waals surface area contributed by atoms with Crippen molar-refractivity contribution in [3.05, 3.63) is 71.3 Å². The van der Waals surface area contributed by atoms with Crippen molar-refractivity contribution in [3.63, 3.8) is 0 Å². The first-order valence-electron chi connectivity index (χ1n) is 14.5. The van der Waals surface area contributed by atoms with Gasteiger partial charge in [-0.25, -0.2) is 18.4 Å². The van der Waals surface area contributed by atoms with Crippen molar-refractivity contribution in [1.29, 1.82) is 0 Å². The lowest BCUT2D eigenvalue weighted by atomic mass is 10.0. The Hall–Kier alpha value is -3.26. The third-order valence-electron chi connectivity index (χ3n) is 6.44. The van der Waals surface area contributed by atoms with Crippen LogP contribution in [-0.4, -0.2) is 91.0 Å². The summed E-state index contributed by atoms with van der Waals surface area (Å²) >= 11 is 1.16. The van der Waals surface area contributed by atoms with Crippen LogP contribution in [0.4, 0.5) is 18.4 Å². The topological polar surface area (TPSA) is 113 Å². The second-order valence-corrected chi connectivity index (χ2v) is 12.4. The Balaban J connectivity index is 1.83. The number of carbonyl (C=O) groups excluding carboxylic acids is 2. The van der Waals surface area contributed by atoms with Crippen molar-refractivity contribution in [2.24, 2.45) is 5.10 Å². The van der Waals surface area contributed by atoms with E-state index >= 15 is 0 Å². The average Bonchev–Trinajstić information content (AvgIpc) is 3.37. The number of likely N-dealkylation sites (N-methyl/N-ethyl adjacent to an activating group) is 1. The van der Waals surface area contributed by atoms with Crippen molar-refractivity contribution in [3.8, 4) is 0 Å². The van der Waals surface area contributed by atoms with Gasteiger partial charge in [0.1, 0.15) is 27.2 Å². The zero-order chi connectivity index (χ0) is 32.2. The summed E-state index contributed by atoms with van der Waals surface area (Å²) in [6, 6.07) is 11.9. The van der Waals surface area contributed by atoms with E-state index in [0.29, 0.717) is 39.1 Å². The lowest BCUT2D eigenvalue weighted by Crippen LogP contribution is -2.48. The molecule has 2 N–H and O–H groups in total. The van der Waals surface area contributed by atoms with Gasteiger partial charge in [-0.3, -0.25) is 0 Å². The summed E-state index contributed by atoms with van der Waals surface area (Å²) in [6.07, 6.45) is 0.730. The number of thioether (sulfide) groups is 1. The number of amides is 3. The Morgan fingerprint density at radius 3 is 2.43 bits per heavy atom. The van der Waals surface area contributed by atoms with Crippen LogP contribution in [0.3, 0.4) is 0 Å². The fraction of sp³-hybridized carbons (Fsp3) is 0.516. The molecule has 3 amide bonds. The second kappa shape index (κ2) is 16.7. The summed E-state index contributed by atoms with van der Waals surface area (Å²) in [6.45, 7) is 7.22. The minimum atomic E-state index is -1.13. The molecule has 1 atom stereocenters. The molecule has 3 rings (SSSR count). The van der Waals surface area contributed by atoms with Gasteiger partial charge in [0, 0.05) is 38.9 Å². The number of hydrogen-bond acceptors (Lipinski definition) is 8. The Labute approximate surface area is 261 Å². The van der Waals surface area contributed by atoms with E-state index in [1.807, 2.05) is 30.3 Å². The number of benzene rings is 2. The Morgan fingerprint density at radius 2 is 1.75 bits per heavy atom. The SMILES string of the molecule is CN(CCOCCOCCCO)C(=O)N1N=C(c2cc(F)ccc2F)S[C@@]1(CCCNC(=O)OC(C)(C)C)c1ccccc1. The number of aliphatic hydroxyl groups is 1. The number of hydrogen-bond donors (Lipinski definition) is 2. The van der Waals surface area contributed by atoms with Crippen LogP contribution in [0, 0.1) is 11.6 Å². The van der Waals surface area contributed by atoms with Gasteiger partial charge in [-0.1, -0.05) is 42.1 Å². The Kier molecular flexibility index (Phi) is 13.4. The number of rotatable bonds is 15. The van der Waals surface area contributed by atoms with Crippen LogP contribution in [0.15, 0.2) is 53.6 Å². The number of aliphatic hydroxyl groups excluding tert-OH is 1. The molecule has 1 heterocycles. The van der Waals surface area contributed by atoms with Crippen LogP contribution in [0.1, 0.15) is 51.2 Å². The van der Waals surface area contributed by atoms with Gasteiger partial charge >= 0.3 is 12.1 Å². The number of hydrazone groups is 1. The maximum atomic E-state index is 15.0. The molecule has 0 fully saturated rings. The molecular weight excluding hydrogens is 594 g/mol. The second-order valence-electron chi connectivity index (χ2n) is 11.1. The van der Waals surface area contributed by atoms with E-state index in [-0.39, 0.29) is 36.9 Å².